The highest BCUT2D eigenvalue weighted by atomic mass is 35.5. The van der Waals surface area contributed by atoms with Crippen molar-refractivity contribution in [2.45, 2.75) is 25.6 Å². The fourth-order valence-electron chi connectivity index (χ4n) is 5.65. The number of rotatable bonds is 10. The number of hydrogen-bond acceptors (Lipinski definition) is 6. The molecule has 0 aliphatic carbocycles. The fourth-order valence-corrected chi connectivity index (χ4v) is 5.97. The molecule has 1 atom stereocenters. The average Bonchev–Trinajstić information content (AvgIpc) is 3.56. The van der Waals surface area contributed by atoms with Gasteiger partial charge in [-0.25, -0.2) is 0 Å². The molecule has 0 bridgehead atoms. The van der Waals surface area contributed by atoms with Gasteiger partial charge in [-0.15, -0.1) is 0 Å². The number of amides is 2. The zero-order valence-corrected chi connectivity index (χ0v) is 28.5. The summed E-state index contributed by atoms with van der Waals surface area (Å²) >= 11 is 13.1. The van der Waals surface area contributed by atoms with Crippen molar-refractivity contribution in [3.05, 3.63) is 142 Å². The number of hydrazine groups is 1. The standard InChI is InChI=1S/C37H32Cl2N6O5/c1-43-29-10-5-6-11-32(29)50-34(43)13-7-12-33-44(21-23-8-3-2-4-9-23)30-18-26(38)27(39)19-31(30)45(33)22-24-14-16-25(17-15-24)36(48)41-42-37(49)28(40)20-35(46)47/h2-19,28H,20-22,40H2,1H3,(H2-,41,42,46,47,48,49)/p+2. The lowest BCUT2D eigenvalue weighted by Gasteiger charge is -2.25. The van der Waals surface area contributed by atoms with E-state index in [2.05, 4.69) is 38.5 Å². The van der Waals surface area contributed by atoms with Crippen molar-refractivity contribution in [1.29, 1.82) is 0 Å². The molecular weight excluding hydrogens is 679 g/mol. The Morgan fingerprint density at radius 3 is 2.10 bits per heavy atom. The van der Waals surface area contributed by atoms with E-state index in [0.29, 0.717) is 34.6 Å². The Balaban J connectivity index is 1.30. The lowest BCUT2D eigenvalue weighted by atomic mass is 10.1. The van der Waals surface area contributed by atoms with Crippen LogP contribution < -0.4 is 31.0 Å². The second kappa shape index (κ2) is 14.9. The summed E-state index contributed by atoms with van der Waals surface area (Å²) in [5.74, 6) is -0.870. The van der Waals surface area contributed by atoms with Gasteiger partial charge < -0.3 is 25.1 Å². The van der Waals surface area contributed by atoms with Crippen molar-refractivity contribution < 1.29 is 34.2 Å². The summed E-state index contributed by atoms with van der Waals surface area (Å²) in [4.78, 5) is 40.0. The van der Waals surface area contributed by atoms with E-state index < -0.39 is 30.2 Å². The maximum Gasteiger partial charge on any atom is 0.373 e. The van der Waals surface area contributed by atoms with Crippen LogP contribution in [0.4, 0.5) is 11.4 Å². The Bertz CT molecular complexity index is 2130. The van der Waals surface area contributed by atoms with Crippen molar-refractivity contribution in [3.8, 4) is 0 Å². The Morgan fingerprint density at radius 1 is 0.880 bits per heavy atom. The van der Waals surface area contributed by atoms with Gasteiger partial charge in [0.25, 0.3) is 17.3 Å². The van der Waals surface area contributed by atoms with Gasteiger partial charge in [0.05, 0.1) is 27.5 Å². The molecule has 0 saturated heterocycles. The summed E-state index contributed by atoms with van der Waals surface area (Å²) < 4.78 is 8.08. The number of carbonyl (C=O) groups excluding carboxylic acids is 2. The molecule has 0 radical (unpaired) electrons. The monoisotopic (exact) mass is 712 g/mol. The molecule has 13 heteroatoms. The van der Waals surface area contributed by atoms with Gasteiger partial charge in [0, 0.05) is 24.7 Å². The molecule has 6 N–H and O–H groups in total. The lowest BCUT2D eigenvalue weighted by Crippen LogP contribution is -2.69. The van der Waals surface area contributed by atoms with E-state index in [-0.39, 0.29) is 0 Å². The zero-order chi connectivity index (χ0) is 35.4. The molecule has 4 aromatic carbocycles. The molecule has 1 aromatic heterocycles. The van der Waals surface area contributed by atoms with Crippen molar-refractivity contribution in [1.82, 2.24) is 10.9 Å². The number of aryl methyl sites for hydroxylation is 1. The van der Waals surface area contributed by atoms with Crippen molar-refractivity contribution in [3.63, 3.8) is 0 Å². The summed E-state index contributed by atoms with van der Waals surface area (Å²) in [5.41, 5.74) is 13.9. The zero-order valence-electron chi connectivity index (χ0n) is 27.0. The van der Waals surface area contributed by atoms with E-state index in [9.17, 15) is 14.4 Å². The van der Waals surface area contributed by atoms with Crippen molar-refractivity contribution in [2.75, 3.05) is 9.80 Å². The number of nitrogens with zero attached hydrogens (tertiary/aromatic N) is 3. The molecule has 1 aliphatic rings. The molecule has 11 nitrogen and oxygen atoms in total. The summed E-state index contributed by atoms with van der Waals surface area (Å²) in [7, 11) is 1.96. The van der Waals surface area contributed by atoms with Gasteiger partial charge in [0.15, 0.2) is 6.04 Å². The average molecular weight is 714 g/mol. The van der Waals surface area contributed by atoms with Crippen LogP contribution in [0.1, 0.15) is 33.8 Å². The Hall–Kier alpha value is -5.62. The number of nitrogens with one attached hydrogen (secondary N) is 2. The number of benzene rings is 4. The number of anilines is 2. The van der Waals surface area contributed by atoms with Crippen LogP contribution in [0.25, 0.3) is 17.2 Å². The molecule has 2 amide bonds. The van der Waals surface area contributed by atoms with E-state index in [1.54, 1.807) is 12.1 Å². The molecule has 0 saturated carbocycles. The number of allylic oxidation sites excluding steroid dienone is 2. The smallest absolute Gasteiger partial charge is 0.373 e. The number of fused-ring (bicyclic) bond motifs is 2. The maximum absolute atomic E-state index is 12.7. The number of quaternary nitrogens is 1. The third-order valence-electron chi connectivity index (χ3n) is 8.24. The molecule has 1 aliphatic heterocycles. The van der Waals surface area contributed by atoms with Gasteiger partial charge in [0.2, 0.25) is 5.58 Å². The first-order valence-electron chi connectivity index (χ1n) is 15.7. The highest BCUT2D eigenvalue weighted by molar-refractivity contribution is 6.42. The molecule has 6 rings (SSSR count). The number of para-hydroxylation sites is 2. The van der Waals surface area contributed by atoms with E-state index in [4.69, 9.17) is 32.7 Å². The molecule has 0 spiro atoms. The molecule has 254 valence electrons. The summed E-state index contributed by atoms with van der Waals surface area (Å²) in [6.07, 6.45) is 5.42. The minimum absolute atomic E-state index is 0.299. The second-order valence-corrected chi connectivity index (χ2v) is 12.5. The molecular formula is C37H34Cl2N6O5+2. The third-order valence-corrected chi connectivity index (χ3v) is 8.96. The first-order chi connectivity index (χ1) is 24.1. The Labute approximate surface area is 297 Å². The van der Waals surface area contributed by atoms with E-state index in [1.807, 2.05) is 96.6 Å². The normalized spacial score (nSPS) is 14.0. The Morgan fingerprint density at radius 2 is 1.48 bits per heavy atom. The van der Waals surface area contributed by atoms with Gasteiger partial charge in [-0.1, -0.05) is 77.8 Å². The largest absolute Gasteiger partial charge is 0.481 e. The minimum Gasteiger partial charge on any atom is -0.481 e. The quantitative estimate of drug-likeness (QED) is 0.118. The predicted octanol–water partition coefficient (Wildman–Crippen LogP) is 4.99. The van der Waals surface area contributed by atoms with Crippen molar-refractivity contribution >= 4 is 69.5 Å². The molecule has 50 heavy (non-hydrogen) atoms. The topological polar surface area (TPSA) is 147 Å². The number of aliphatic carboxylic acids is 1. The van der Waals surface area contributed by atoms with Gasteiger partial charge in [-0.3, -0.25) is 25.2 Å². The van der Waals surface area contributed by atoms with Crippen molar-refractivity contribution in [2.24, 2.45) is 7.05 Å². The fraction of sp³-hybridized carbons (Fsp3) is 0.135. The van der Waals surface area contributed by atoms with Crippen LogP contribution in [-0.2, 0) is 29.7 Å². The number of oxazole rings is 1. The van der Waals surface area contributed by atoms with Crippen LogP contribution >= 0.6 is 23.2 Å². The van der Waals surface area contributed by atoms with Crippen LogP contribution in [0.15, 0.2) is 113 Å². The maximum atomic E-state index is 12.7. The van der Waals surface area contributed by atoms with Gasteiger partial charge in [-0.05, 0) is 53.6 Å². The van der Waals surface area contributed by atoms with Crippen LogP contribution in [0.3, 0.4) is 0 Å². The molecule has 0 fully saturated rings. The van der Waals surface area contributed by atoms with Crippen LogP contribution in [-0.4, -0.2) is 28.9 Å². The highest BCUT2D eigenvalue weighted by Gasteiger charge is 2.32. The summed E-state index contributed by atoms with van der Waals surface area (Å²) in [6, 6.07) is 27.6. The summed E-state index contributed by atoms with van der Waals surface area (Å²) in [5, 5.41) is 9.74. The number of carboxylic acids is 1. The number of hydrogen-bond donors (Lipinski definition) is 4. The summed E-state index contributed by atoms with van der Waals surface area (Å²) in [6.45, 7) is 0.983. The van der Waals surface area contributed by atoms with Crippen LogP contribution in [0.5, 0.6) is 0 Å². The number of halogens is 2. The van der Waals surface area contributed by atoms with Crippen LogP contribution in [0, 0.1) is 0 Å². The van der Waals surface area contributed by atoms with Gasteiger partial charge in [0.1, 0.15) is 19.3 Å². The van der Waals surface area contributed by atoms with E-state index >= 15 is 0 Å². The predicted molar refractivity (Wildman–Crippen MR) is 191 cm³/mol. The lowest BCUT2D eigenvalue weighted by molar-refractivity contribution is -0.652. The third kappa shape index (κ3) is 7.50. The Kier molecular flexibility index (Phi) is 10.2. The first-order valence-corrected chi connectivity index (χ1v) is 16.4. The number of carboxylic acid groups (broad SMARTS) is 1. The van der Waals surface area contributed by atoms with Crippen LogP contribution in [0.2, 0.25) is 10.0 Å². The number of carbonyl (C=O) groups is 3. The highest BCUT2D eigenvalue weighted by Crippen LogP contribution is 2.47. The van der Waals surface area contributed by atoms with E-state index in [1.165, 1.54) is 0 Å². The number of aromatic nitrogens is 1. The van der Waals surface area contributed by atoms with Gasteiger partial charge >= 0.3 is 11.9 Å². The molecule has 5 aromatic rings. The molecule has 2 heterocycles. The second-order valence-electron chi connectivity index (χ2n) is 11.7. The SMILES string of the molecule is C[n+]1c(C=CC=C2N(Cc3ccccc3)c3cc(Cl)c(Cl)cc3N2Cc2ccc(C(=O)NNC(=O)C([NH3+])CC(=O)O)cc2)oc2ccccc21. The van der Waals surface area contributed by atoms with E-state index in [0.717, 1.165) is 39.4 Å². The molecule has 1 unspecified atom stereocenters. The first kappa shape index (κ1) is 34.3. The van der Waals surface area contributed by atoms with Gasteiger partial charge in [-0.2, -0.15) is 4.57 Å². The minimum atomic E-state index is -1.16.